The number of hydrogen-bond donors (Lipinski definition) is 1. The number of aromatic nitrogens is 2. The molecule has 0 amide bonds. The van der Waals surface area contributed by atoms with Crippen LogP contribution in [0.1, 0.15) is 19.8 Å². The minimum atomic E-state index is -0.240. The third-order valence-electron chi connectivity index (χ3n) is 2.54. The lowest BCUT2D eigenvalue weighted by Gasteiger charge is -2.09. The van der Waals surface area contributed by atoms with Crippen LogP contribution in [0.5, 0.6) is 0 Å². The fourth-order valence-electron chi connectivity index (χ4n) is 1.65. The van der Waals surface area contributed by atoms with Gasteiger partial charge in [0.25, 0.3) is 0 Å². The van der Waals surface area contributed by atoms with Crippen LogP contribution in [-0.4, -0.2) is 16.1 Å². The second kappa shape index (κ2) is 5.48. The summed E-state index contributed by atoms with van der Waals surface area (Å²) in [5, 5.41) is 3.24. The van der Waals surface area contributed by atoms with Crippen LogP contribution in [-0.2, 0) is 0 Å². The van der Waals surface area contributed by atoms with Crippen LogP contribution >= 0.6 is 0 Å². The van der Waals surface area contributed by atoms with Crippen LogP contribution in [0.3, 0.4) is 0 Å². The Morgan fingerprint density at radius 2 is 2.29 bits per heavy atom. The molecule has 2 aromatic rings. The van der Waals surface area contributed by atoms with Gasteiger partial charge < -0.3 is 5.32 Å². The van der Waals surface area contributed by atoms with Crippen LogP contribution in [0.4, 0.5) is 10.3 Å². The van der Waals surface area contributed by atoms with Gasteiger partial charge in [0.1, 0.15) is 5.82 Å². The van der Waals surface area contributed by atoms with Gasteiger partial charge in [-0.3, -0.25) is 4.57 Å². The summed E-state index contributed by atoms with van der Waals surface area (Å²) in [5.41, 5.74) is 0.779. The van der Waals surface area contributed by atoms with Crippen LogP contribution in [0, 0.1) is 5.82 Å². The molecule has 2 rings (SSSR count). The highest BCUT2D eigenvalue weighted by atomic mass is 19.1. The Labute approximate surface area is 100 Å². The third kappa shape index (κ3) is 2.84. The van der Waals surface area contributed by atoms with Crippen LogP contribution in [0.25, 0.3) is 5.69 Å². The second-order valence-electron chi connectivity index (χ2n) is 3.88. The average Bonchev–Trinajstić information content (AvgIpc) is 2.78. The molecule has 3 nitrogen and oxygen atoms in total. The van der Waals surface area contributed by atoms with Gasteiger partial charge in [0.2, 0.25) is 5.95 Å². The van der Waals surface area contributed by atoms with Crippen molar-refractivity contribution in [2.75, 3.05) is 11.9 Å². The minimum absolute atomic E-state index is 0.240. The van der Waals surface area contributed by atoms with Gasteiger partial charge in [-0.2, -0.15) is 0 Å². The van der Waals surface area contributed by atoms with Crippen molar-refractivity contribution in [2.45, 2.75) is 19.8 Å². The van der Waals surface area contributed by atoms with E-state index in [4.69, 9.17) is 0 Å². The molecule has 0 atom stereocenters. The van der Waals surface area contributed by atoms with Crippen molar-refractivity contribution < 1.29 is 4.39 Å². The van der Waals surface area contributed by atoms with E-state index in [0.29, 0.717) is 0 Å². The number of benzene rings is 1. The molecule has 1 aromatic heterocycles. The molecule has 0 spiro atoms. The number of nitrogens with zero attached hydrogens (tertiary/aromatic N) is 2. The Hall–Kier alpha value is -1.84. The van der Waals surface area contributed by atoms with E-state index in [-0.39, 0.29) is 5.82 Å². The van der Waals surface area contributed by atoms with Crippen molar-refractivity contribution in [2.24, 2.45) is 0 Å². The third-order valence-corrected chi connectivity index (χ3v) is 2.54. The van der Waals surface area contributed by atoms with Crippen LogP contribution in [0.2, 0.25) is 0 Å². The zero-order valence-corrected chi connectivity index (χ0v) is 9.86. The van der Waals surface area contributed by atoms with Crippen molar-refractivity contribution in [1.82, 2.24) is 9.55 Å². The van der Waals surface area contributed by atoms with E-state index in [9.17, 15) is 4.39 Å². The van der Waals surface area contributed by atoms with Crippen molar-refractivity contribution >= 4 is 5.95 Å². The molecule has 1 N–H and O–H groups in total. The van der Waals surface area contributed by atoms with E-state index in [1.807, 2.05) is 16.8 Å². The highest BCUT2D eigenvalue weighted by molar-refractivity contribution is 5.41. The van der Waals surface area contributed by atoms with E-state index in [0.717, 1.165) is 31.0 Å². The van der Waals surface area contributed by atoms with Crippen LogP contribution in [0.15, 0.2) is 36.7 Å². The van der Waals surface area contributed by atoms with E-state index in [1.165, 1.54) is 12.1 Å². The Kier molecular flexibility index (Phi) is 3.75. The summed E-state index contributed by atoms with van der Waals surface area (Å²) in [6.07, 6.45) is 5.76. The first-order valence-electron chi connectivity index (χ1n) is 5.84. The Bertz CT molecular complexity index is 479. The standard InChI is InChI=1S/C13H16FN3/c1-2-3-7-15-13-16-8-9-17(13)12-6-4-5-11(14)10-12/h4-6,8-10H,2-3,7H2,1H3,(H,15,16). The predicted molar refractivity (Wildman–Crippen MR) is 66.9 cm³/mol. The van der Waals surface area contributed by atoms with Crippen molar-refractivity contribution in [3.63, 3.8) is 0 Å². The van der Waals surface area contributed by atoms with E-state index in [1.54, 1.807) is 12.3 Å². The van der Waals surface area contributed by atoms with Gasteiger partial charge in [-0.25, -0.2) is 9.37 Å². The number of halogens is 1. The molecule has 1 heterocycles. The molecule has 0 bridgehead atoms. The molecule has 0 saturated carbocycles. The number of rotatable bonds is 5. The van der Waals surface area contributed by atoms with Gasteiger partial charge in [0.05, 0.1) is 5.69 Å². The van der Waals surface area contributed by atoms with Gasteiger partial charge in [0, 0.05) is 18.9 Å². The maximum absolute atomic E-state index is 13.1. The predicted octanol–water partition coefficient (Wildman–Crippen LogP) is 3.22. The molecule has 0 radical (unpaired) electrons. The molecule has 0 aliphatic rings. The van der Waals surface area contributed by atoms with Crippen molar-refractivity contribution in [1.29, 1.82) is 0 Å². The van der Waals surface area contributed by atoms with Crippen molar-refractivity contribution in [3.8, 4) is 5.69 Å². The molecule has 0 aliphatic carbocycles. The lowest BCUT2D eigenvalue weighted by molar-refractivity contribution is 0.626. The van der Waals surface area contributed by atoms with Crippen LogP contribution < -0.4 is 5.32 Å². The average molecular weight is 233 g/mol. The molecule has 4 heteroatoms. The van der Waals surface area contributed by atoms with Gasteiger partial charge in [-0.1, -0.05) is 19.4 Å². The second-order valence-corrected chi connectivity index (χ2v) is 3.88. The topological polar surface area (TPSA) is 29.9 Å². The molecular weight excluding hydrogens is 217 g/mol. The number of anilines is 1. The zero-order valence-electron chi connectivity index (χ0n) is 9.86. The lowest BCUT2D eigenvalue weighted by atomic mass is 10.3. The fourth-order valence-corrected chi connectivity index (χ4v) is 1.65. The van der Waals surface area contributed by atoms with Gasteiger partial charge in [-0.05, 0) is 24.6 Å². The molecular formula is C13H16FN3. The number of hydrogen-bond acceptors (Lipinski definition) is 2. The highest BCUT2D eigenvalue weighted by Crippen LogP contribution is 2.15. The summed E-state index contributed by atoms with van der Waals surface area (Å²) in [5.74, 6) is 0.514. The van der Waals surface area contributed by atoms with E-state index >= 15 is 0 Å². The number of imidazole rings is 1. The first kappa shape index (κ1) is 11.6. The van der Waals surface area contributed by atoms with E-state index in [2.05, 4.69) is 17.2 Å². The lowest BCUT2D eigenvalue weighted by Crippen LogP contribution is -2.07. The summed E-state index contributed by atoms with van der Waals surface area (Å²) in [7, 11) is 0. The quantitative estimate of drug-likeness (QED) is 0.803. The fraction of sp³-hybridized carbons (Fsp3) is 0.308. The summed E-state index contributed by atoms with van der Waals surface area (Å²) >= 11 is 0. The van der Waals surface area contributed by atoms with Gasteiger partial charge >= 0.3 is 0 Å². The molecule has 0 aliphatic heterocycles. The first-order valence-corrected chi connectivity index (χ1v) is 5.84. The summed E-state index contributed by atoms with van der Waals surface area (Å²) in [6.45, 7) is 3.02. The number of unbranched alkanes of at least 4 members (excludes halogenated alkanes) is 1. The Morgan fingerprint density at radius 3 is 3.06 bits per heavy atom. The maximum Gasteiger partial charge on any atom is 0.207 e. The summed E-state index contributed by atoms with van der Waals surface area (Å²) < 4.78 is 15.0. The van der Waals surface area contributed by atoms with Gasteiger partial charge in [-0.15, -0.1) is 0 Å². The Balaban J connectivity index is 2.18. The SMILES string of the molecule is CCCCNc1nccn1-c1cccc(F)c1. The molecule has 0 fully saturated rings. The highest BCUT2D eigenvalue weighted by Gasteiger charge is 2.04. The monoisotopic (exact) mass is 233 g/mol. The normalized spacial score (nSPS) is 10.5. The van der Waals surface area contributed by atoms with E-state index < -0.39 is 0 Å². The zero-order chi connectivity index (χ0) is 12.1. The van der Waals surface area contributed by atoms with Crippen molar-refractivity contribution in [3.05, 3.63) is 42.5 Å². The largest absolute Gasteiger partial charge is 0.355 e. The van der Waals surface area contributed by atoms with Gasteiger partial charge in [0.15, 0.2) is 0 Å². The molecule has 0 saturated heterocycles. The molecule has 0 unspecified atom stereocenters. The molecule has 17 heavy (non-hydrogen) atoms. The smallest absolute Gasteiger partial charge is 0.207 e. The molecule has 1 aromatic carbocycles. The first-order chi connectivity index (χ1) is 8.31. The minimum Gasteiger partial charge on any atom is -0.355 e. The Morgan fingerprint density at radius 1 is 1.41 bits per heavy atom. The number of nitrogens with one attached hydrogen (secondary N) is 1. The summed E-state index contributed by atoms with van der Waals surface area (Å²) in [6, 6.07) is 6.48. The molecule has 90 valence electrons. The maximum atomic E-state index is 13.1. The summed E-state index contributed by atoms with van der Waals surface area (Å²) in [4.78, 5) is 4.22.